The van der Waals surface area contributed by atoms with Crippen molar-refractivity contribution in [3.05, 3.63) is 23.3 Å². The first kappa shape index (κ1) is 18.4. The molecule has 0 heterocycles. The largest absolute Gasteiger partial charge is 0.367 e. The highest BCUT2D eigenvalue weighted by atomic mass is 16.5. The normalized spacial score (nSPS) is 13.8. The van der Waals surface area contributed by atoms with Crippen molar-refractivity contribution in [1.82, 2.24) is 0 Å². The summed E-state index contributed by atoms with van der Waals surface area (Å²) in [5, 5.41) is 0. The lowest BCUT2D eigenvalue weighted by Gasteiger charge is -2.21. The van der Waals surface area contributed by atoms with Crippen molar-refractivity contribution in [2.75, 3.05) is 0 Å². The Morgan fingerprint density at radius 1 is 0.684 bits per heavy atom. The Morgan fingerprint density at radius 3 is 1.21 bits per heavy atom. The van der Waals surface area contributed by atoms with E-state index < -0.39 is 0 Å². The van der Waals surface area contributed by atoms with E-state index in [0.717, 1.165) is 38.5 Å². The van der Waals surface area contributed by atoms with Gasteiger partial charge in [-0.2, -0.15) is 0 Å². The van der Waals surface area contributed by atoms with Crippen LogP contribution in [-0.2, 0) is 4.74 Å². The minimum Gasteiger partial charge on any atom is -0.367 e. The molecule has 0 aromatic rings. The molecule has 0 amide bonds. The van der Waals surface area contributed by atoms with Crippen LogP contribution in [0.3, 0.4) is 0 Å². The first-order valence-corrected chi connectivity index (χ1v) is 8.19. The smallest absolute Gasteiger partial charge is 0.0763 e. The molecule has 0 spiro atoms. The summed E-state index contributed by atoms with van der Waals surface area (Å²) in [6, 6.07) is 0. The zero-order valence-corrected chi connectivity index (χ0v) is 14.0. The minimum atomic E-state index is 0.270. The van der Waals surface area contributed by atoms with Gasteiger partial charge in [-0.15, -0.1) is 0 Å². The molecule has 0 rings (SSSR count). The molecule has 0 aliphatic carbocycles. The first-order chi connectivity index (χ1) is 9.14. The van der Waals surface area contributed by atoms with E-state index in [1.54, 1.807) is 0 Å². The van der Waals surface area contributed by atoms with Gasteiger partial charge in [0.25, 0.3) is 0 Å². The van der Waals surface area contributed by atoms with E-state index in [2.05, 4.69) is 53.7 Å². The molecule has 0 saturated carbocycles. The highest BCUT2D eigenvalue weighted by Crippen LogP contribution is 2.17. The Morgan fingerprint density at radius 2 is 1.00 bits per heavy atom. The van der Waals surface area contributed by atoms with Crippen molar-refractivity contribution in [3.8, 4) is 0 Å². The summed E-state index contributed by atoms with van der Waals surface area (Å²) in [5.74, 6) is 0. The van der Waals surface area contributed by atoms with E-state index in [4.69, 9.17) is 4.74 Å². The van der Waals surface area contributed by atoms with Crippen molar-refractivity contribution in [2.24, 2.45) is 0 Å². The highest BCUT2D eigenvalue weighted by Gasteiger charge is 2.11. The van der Waals surface area contributed by atoms with Crippen LogP contribution in [0.15, 0.2) is 23.3 Å². The van der Waals surface area contributed by atoms with Crippen LogP contribution in [0.25, 0.3) is 0 Å². The van der Waals surface area contributed by atoms with Crippen LogP contribution in [0.5, 0.6) is 0 Å². The molecule has 2 atom stereocenters. The molecule has 2 unspecified atom stereocenters. The van der Waals surface area contributed by atoms with Gasteiger partial charge < -0.3 is 4.74 Å². The fourth-order valence-corrected chi connectivity index (χ4v) is 2.23. The lowest BCUT2D eigenvalue weighted by molar-refractivity contribution is 0.0364. The topological polar surface area (TPSA) is 9.23 Å². The molecule has 0 radical (unpaired) electrons. The third-order valence-corrected chi connectivity index (χ3v) is 3.81. The molecule has 112 valence electrons. The SMILES string of the molecule is CCC(=CC(CC)OC(C=C(CC)CC)CC)CC. The summed E-state index contributed by atoms with van der Waals surface area (Å²) in [6.07, 6.45) is 11.9. The zero-order valence-electron chi connectivity index (χ0n) is 14.0. The highest BCUT2D eigenvalue weighted by molar-refractivity contribution is 5.07. The molecule has 0 aromatic heterocycles. The van der Waals surface area contributed by atoms with Gasteiger partial charge in [-0.3, -0.25) is 0 Å². The summed E-state index contributed by atoms with van der Waals surface area (Å²) in [5.41, 5.74) is 3.02. The minimum absolute atomic E-state index is 0.270. The van der Waals surface area contributed by atoms with Gasteiger partial charge in [-0.05, 0) is 38.5 Å². The molecule has 0 aliphatic heterocycles. The second kappa shape index (κ2) is 11.3. The maximum absolute atomic E-state index is 6.26. The number of allylic oxidation sites excluding steroid dienone is 2. The molecule has 0 bridgehead atoms. The Balaban J connectivity index is 4.73. The monoisotopic (exact) mass is 266 g/mol. The third-order valence-electron chi connectivity index (χ3n) is 3.81. The molecule has 0 N–H and O–H groups in total. The number of rotatable bonds is 10. The predicted octanol–water partition coefficient (Wildman–Crippen LogP) is 6.05. The first-order valence-electron chi connectivity index (χ1n) is 8.19. The standard InChI is InChI=1S/C18H34O/c1-7-15(8-2)13-17(11-5)19-18(12-6)14-16(9-3)10-4/h13-14,17-18H,7-12H2,1-6H3. The van der Waals surface area contributed by atoms with Gasteiger partial charge in [0.05, 0.1) is 12.2 Å². The lowest BCUT2D eigenvalue weighted by atomic mass is 10.1. The summed E-state index contributed by atoms with van der Waals surface area (Å²) in [7, 11) is 0. The number of hydrogen-bond acceptors (Lipinski definition) is 1. The van der Waals surface area contributed by atoms with Crippen LogP contribution in [0.1, 0.15) is 80.1 Å². The van der Waals surface area contributed by atoms with E-state index in [1.165, 1.54) is 11.1 Å². The number of hydrogen-bond donors (Lipinski definition) is 0. The third kappa shape index (κ3) is 7.57. The molecule has 1 nitrogen and oxygen atoms in total. The molecule has 19 heavy (non-hydrogen) atoms. The van der Waals surface area contributed by atoms with Gasteiger partial charge >= 0.3 is 0 Å². The Kier molecular flexibility index (Phi) is 10.9. The quantitative estimate of drug-likeness (QED) is 0.437. The summed E-state index contributed by atoms with van der Waals surface area (Å²) < 4.78 is 6.26. The van der Waals surface area contributed by atoms with E-state index >= 15 is 0 Å². The van der Waals surface area contributed by atoms with Crippen molar-refractivity contribution in [1.29, 1.82) is 0 Å². The lowest BCUT2D eigenvalue weighted by Crippen LogP contribution is -2.19. The van der Waals surface area contributed by atoms with Gasteiger partial charge in [-0.25, -0.2) is 0 Å². The van der Waals surface area contributed by atoms with Gasteiger partial charge in [0, 0.05) is 0 Å². The van der Waals surface area contributed by atoms with Crippen LogP contribution < -0.4 is 0 Å². The van der Waals surface area contributed by atoms with Gasteiger partial charge in [0.15, 0.2) is 0 Å². The van der Waals surface area contributed by atoms with Crippen molar-refractivity contribution in [3.63, 3.8) is 0 Å². The molecule has 0 saturated heterocycles. The van der Waals surface area contributed by atoms with Crippen LogP contribution in [0.4, 0.5) is 0 Å². The van der Waals surface area contributed by atoms with E-state index in [9.17, 15) is 0 Å². The van der Waals surface area contributed by atoms with Crippen molar-refractivity contribution in [2.45, 2.75) is 92.3 Å². The van der Waals surface area contributed by atoms with Gasteiger partial charge in [0.2, 0.25) is 0 Å². The van der Waals surface area contributed by atoms with E-state index in [1.807, 2.05) is 0 Å². The average molecular weight is 266 g/mol. The maximum atomic E-state index is 6.26. The molecule has 1 heteroatoms. The van der Waals surface area contributed by atoms with Crippen LogP contribution in [0.2, 0.25) is 0 Å². The molecular formula is C18H34O. The second-order valence-electron chi connectivity index (χ2n) is 5.09. The Bertz CT molecular complexity index is 235. The predicted molar refractivity (Wildman–Crippen MR) is 86.6 cm³/mol. The van der Waals surface area contributed by atoms with Crippen molar-refractivity contribution < 1.29 is 4.74 Å². The van der Waals surface area contributed by atoms with E-state index in [-0.39, 0.29) is 12.2 Å². The maximum Gasteiger partial charge on any atom is 0.0763 e. The van der Waals surface area contributed by atoms with Gasteiger partial charge in [0.1, 0.15) is 0 Å². The van der Waals surface area contributed by atoms with Crippen LogP contribution >= 0.6 is 0 Å². The Labute approximate surface area is 121 Å². The fourth-order valence-electron chi connectivity index (χ4n) is 2.23. The summed E-state index contributed by atoms with van der Waals surface area (Å²) in [6.45, 7) is 13.3. The fraction of sp³-hybridized carbons (Fsp3) is 0.778. The van der Waals surface area contributed by atoms with Crippen LogP contribution in [0, 0.1) is 0 Å². The molecule has 0 aliphatic rings. The zero-order chi connectivity index (χ0) is 14.7. The average Bonchev–Trinajstić information content (AvgIpc) is 2.46. The molecular weight excluding hydrogens is 232 g/mol. The Hall–Kier alpha value is -0.560. The van der Waals surface area contributed by atoms with Crippen LogP contribution in [-0.4, -0.2) is 12.2 Å². The number of ether oxygens (including phenoxy) is 1. The second-order valence-corrected chi connectivity index (χ2v) is 5.09. The molecule has 0 aromatic carbocycles. The van der Waals surface area contributed by atoms with Gasteiger partial charge in [-0.1, -0.05) is 64.8 Å². The summed E-state index contributed by atoms with van der Waals surface area (Å²) in [4.78, 5) is 0. The van der Waals surface area contributed by atoms with E-state index in [0.29, 0.717) is 0 Å². The molecule has 0 fully saturated rings. The summed E-state index contributed by atoms with van der Waals surface area (Å²) >= 11 is 0. The van der Waals surface area contributed by atoms with Crippen molar-refractivity contribution >= 4 is 0 Å².